The molecule has 1 aliphatic heterocycles. The highest BCUT2D eigenvalue weighted by Crippen LogP contribution is 2.36. The average Bonchev–Trinajstić information content (AvgIpc) is 2.45. The molecule has 1 aliphatic rings. The Labute approximate surface area is 118 Å². The Kier molecular flexibility index (Phi) is 3.32. The van der Waals surface area contributed by atoms with Crippen LogP contribution in [0.5, 0.6) is 11.5 Å². The van der Waals surface area contributed by atoms with Gasteiger partial charge in [-0.15, -0.1) is 0 Å². The fraction of sp³-hybridized carbons (Fsp3) is 0.312. The van der Waals surface area contributed by atoms with Gasteiger partial charge in [0.25, 0.3) is 0 Å². The summed E-state index contributed by atoms with van der Waals surface area (Å²) in [6.07, 6.45) is 0.316. The first-order chi connectivity index (χ1) is 9.66. The number of hydrogen-bond donors (Lipinski definition) is 1. The highest BCUT2D eigenvalue weighted by atomic mass is 16.6. The van der Waals surface area contributed by atoms with Crippen LogP contribution in [-0.4, -0.2) is 22.3 Å². The predicted octanol–water partition coefficient (Wildman–Crippen LogP) is 2.65. The molecular formula is C16H17NO3. The Morgan fingerprint density at radius 2 is 2.00 bits per heavy atom. The summed E-state index contributed by atoms with van der Waals surface area (Å²) in [6, 6.07) is 11.2. The summed E-state index contributed by atoms with van der Waals surface area (Å²) in [6.45, 7) is 3.78. The zero-order chi connectivity index (χ0) is 14.1. The Hall–Kier alpha value is -2.07. The van der Waals surface area contributed by atoms with E-state index in [2.05, 4.69) is 4.98 Å². The molecule has 0 fully saturated rings. The third-order valence-electron chi connectivity index (χ3n) is 3.55. The van der Waals surface area contributed by atoms with Gasteiger partial charge in [-0.1, -0.05) is 18.2 Å². The van der Waals surface area contributed by atoms with E-state index in [4.69, 9.17) is 9.47 Å². The van der Waals surface area contributed by atoms with Crippen LogP contribution in [0.15, 0.2) is 42.6 Å². The van der Waals surface area contributed by atoms with Crippen molar-refractivity contribution in [1.82, 2.24) is 4.98 Å². The van der Waals surface area contributed by atoms with Crippen LogP contribution in [-0.2, 0) is 0 Å². The molecule has 104 valence electrons. The summed E-state index contributed by atoms with van der Waals surface area (Å²) in [5, 5.41) is 10.5. The topological polar surface area (TPSA) is 51.6 Å². The molecule has 0 aliphatic carbocycles. The molecule has 2 aromatic rings. The largest absolute Gasteiger partial charge is 0.486 e. The second-order valence-electron chi connectivity index (χ2n) is 4.98. The molecule has 3 atom stereocenters. The van der Waals surface area contributed by atoms with Gasteiger partial charge in [0.15, 0.2) is 6.10 Å². The number of pyridine rings is 1. The van der Waals surface area contributed by atoms with Crippen molar-refractivity contribution >= 4 is 0 Å². The molecule has 2 heterocycles. The van der Waals surface area contributed by atoms with E-state index in [1.54, 1.807) is 6.20 Å². The van der Waals surface area contributed by atoms with Gasteiger partial charge >= 0.3 is 0 Å². The maximum atomic E-state index is 10.5. The minimum Gasteiger partial charge on any atom is -0.486 e. The Balaban J connectivity index is 1.89. The molecule has 3 rings (SSSR count). The quantitative estimate of drug-likeness (QED) is 0.912. The van der Waals surface area contributed by atoms with Crippen molar-refractivity contribution in [1.29, 1.82) is 0 Å². The van der Waals surface area contributed by atoms with Gasteiger partial charge in [0.1, 0.15) is 23.7 Å². The van der Waals surface area contributed by atoms with Crippen molar-refractivity contribution in [3.8, 4) is 11.5 Å². The third-order valence-corrected chi connectivity index (χ3v) is 3.55. The molecule has 3 unspecified atom stereocenters. The van der Waals surface area contributed by atoms with Crippen LogP contribution in [0.1, 0.15) is 24.3 Å². The molecule has 1 aromatic carbocycles. The number of para-hydroxylation sites is 1. The standard InChI is InChI=1S/C16H17NO3/c1-10-13(8-5-9-17-10)20-16-11(2)19-14-7-4-3-6-12(14)15(16)18/h3-9,11,15-16,18H,1-2H3. The van der Waals surface area contributed by atoms with Crippen molar-refractivity contribution in [3.05, 3.63) is 53.9 Å². The second-order valence-corrected chi connectivity index (χ2v) is 4.98. The molecule has 0 saturated carbocycles. The number of nitrogens with zero attached hydrogens (tertiary/aromatic N) is 1. The highest BCUT2D eigenvalue weighted by Gasteiger charge is 2.36. The van der Waals surface area contributed by atoms with E-state index in [-0.39, 0.29) is 6.10 Å². The molecule has 0 spiro atoms. The van der Waals surface area contributed by atoms with Gasteiger partial charge in [0, 0.05) is 11.8 Å². The van der Waals surface area contributed by atoms with Gasteiger partial charge < -0.3 is 14.6 Å². The number of rotatable bonds is 2. The Morgan fingerprint density at radius 1 is 1.20 bits per heavy atom. The van der Waals surface area contributed by atoms with Crippen LogP contribution < -0.4 is 9.47 Å². The number of fused-ring (bicyclic) bond motifs is 1. The van der Waals surface area contributed by atoms with Crippen LogP contribution >= 0.6 is 0 Å². The number of ether oxygens (including phenoxy) is 2. The molecule has 4 nitrogen and oxygen atoms in total. The molecule has 20 heavy (non-hydrogen) atoms. The average molecular weight is 271 g/mol. The molecule has 0 saturated heterocycles. The van der Waals surface area contributed by atoms with Gasteiger partial charge in [0.05, 0.1) is 5.69 Å². The zero-order valence-corrected chi connectivity index (χ0v) is 11.5. The molecule has 4 heteroatoms. The molecule has 1 aromatic heterocycles. The van der Waals surface area contributed by atoms with E-state index < -0.39 is 12.2 Å². The summed E-state index contributed by atoms with van der Waals surface area (Å²) >= 11 is 0. The summed E-state index contributed by atoms with van der Waals surface area (Å²) in [5.74, 6) is 1.39. The molecule has 0 radical (unpaired) electrons. The SMILES string of the molecule is Cc1ncccc1OC1C(C)Oc2ccccc2C1O. The lowest BCUT2D eigenvalue weighted by Gasteiger charge is -2.35. The van der Waals surface area contributed by atoms with E-state index in [1.165, 1.54) is 0 Å². The fourth-order valence-electron chi connectivity index (χ4n) is 2.43. The van der Waals surface area contributed by atoms with E-state index in [0.717, 1.165) is 17.0 Å². The van der Waals surface area contributed by atoms with Crippen molar-refractivity contribution in [2.24, 2.45) is 0 Å². The van der Waals surface area contributed by atoms with Gasteiger partial charge in [0.2, 0.25) is 0 Å². The first-order valence-corrected chi connectivity index (χ1v) is 6.69. The van der Waals surface area contributed by atoms with Gasteiger partial charge in [-0.05, 0) is 32.0 Å². The van der Waals surface area contributed by atoms with Crippen LogP contribution in [0.2, 0.25) is 0 Å². The monoisotopic (exact) mass is 271 g/mol. The number of aliphatic hydroxyl groups excluding tert-OH is 1. The predicted molar refractivity (Wildman–Crippen MR) is 74.9 cm³/mol. The maximum Gasteiger partial charge on any atom is 0.165 e. The number of aliphatic hydroxyl groups is 1. The van der Waals surface area contributed by atoms with Gasteiger partial charge in [-0.2, -0.15) is 0 Å². The van der Waals surface area contributed by atoms with Gasteiger partial charge in [-0.3, -0.25) is 4.98 Å². The van der Waals surface area contributed by atoms with Crippen molar-refractivity contribution in [2.45, 2.75) is 32.2 Å². The molecular weight excluding hydrogens is 254 g/mol. The Morgan fingerprint density at radius 3 is 2.80 bits per heavy atom. The van der Waals surface area contributed by atoms with Crippen molar-refractivity contribution in [2.75, 3.05) is 0 Å². The minimum atomic E-state index is -0.713. The molecule has 0 bridgehead atoms. The number of aryl methyl sites for hydroxylation is 1. The number of hydrogen-bond acceptors (Lipinski definition) is 4. The first kappa shape index (κ1) is 12.9. The number of aromatic nitrogens is 1. The summed E-state index contributed by atoms with van der Waals surface area (Å²) in [4.78, 5) is 4.19. The zero-order valence-electron chi connectivity index (χ0n) is 11.5. The van der Waals surface area contributed by atoms with E-state index in [0.29, 0.717) is 5.75 Å². The minimum absolute atomic E-state index is 0.237. The van der Waals surface area contributed by atoms with Crippen LogP contribution in [0.3, 0.4) is 0 Å². The molecule has 0 amide bonds. The first-order valence-electron chi connectivity index (χ1n) is 6.69. The lowest BCUT2D eigenvalue weighted by Crippen LogP contribution is -2.42. The number of benzene rings is 1. The van der Waals surface area contributed by atoms with Crippen LogP contribution in [0.4, 0.5) is 0 Å². The smallest absolute Gasteiger partial charge is 0.165 e. The van der Waals surface area contributed by atoms with Gasteiger partial charge in [-0.25, -0.2) is 0 Å². The van der Waals surface area contributed by atoms with Crippen molar-refractivity contribution < 1.29 is 14.6 Å². The normalized spacial score (nSPS) is 24.6. The summed E-state index contributed by atoms with van der Waals surface area (Å²) in [5.41, 5.74) is 1.56. The third kappa shape index (κ3) is 2.23. The Bertz CT molecular complexity index is 614. The highest BCUT2D eigenvalue weighted by molar-refractivity contribution is 5.38. The lowest BCUT2D eigenvalue weighted by molar-refractivity contribution is -0.0471. The molecule has 1 N–H and O–H groups in total. The van der Waals surface area contributed by atoms with Crippen molar-refractivity contribution in [3.63, 3.8) is 0 Å². The summed E-state index contributed by atoms with van der Waals surface area (Å²) in [7, 11) is 0. The fourth-order valence-corrected chi connectivity index (χ4v) is 2.43. The van der Waals surface area contributed by atoms with E-state index in [1.807, 2.05) is 50.2 Å². The summed E-state index contributed by atoms with van der Waals surface area (Å²) < 4.78 is 11.8. The van der Waals surface area contributed by atoms with E-state index >= 15 is 0 Å². The maximum absolute atomic E-state index is 10.5. The lowest BCUT2D eigenvalue weighted by atomic mass is 9.97. The van der Waals surface area contributed by atoms with Crippen LogP contribution in [0, 0.1) is 6.92 Å². The van der Waals surface area contributed by atoms with Crippen LogP contribution in [0.25, 0.3) is 0 Å². The second kappa shape index (κ2) is 5.13. The van der Waals surface area contributed by atoms with E-state index in [9.17, 15) is 5.11 Å².